The molecule has 0 unspecified atom stereocenters. The van der Waals surface area contributed by atoms with Crippen molar-refractivity contribution in [3.8, 4) is 0 Å². The summed E-state index contributed by atoms with van der Waals surface area (Å²) in [7, 11) is 0. The van der Waals surface area contributed by atoms with E-state index < -0.39 is 41.1 Å². The van der Waals surface area contributed by atoms with E-state index in [-0.39, 0.29) is 6.42 Å². The number of rotatable bonds is 5. The van der Waals surface area contributed by atoms with Crippen LogP contribution in [-0.4, -0.2) is 18.0 Å². The highest BCUT2D eigenvalue weighted by Gasteiger charge is 2.22. The van der Waals surface area contributed by atoms with Crippen LogP contribution in [0, 0.1) is 17.5 Å². The van der Waals surface area contributed by atoms with Crippen LogP contribution in [0.5, 0.6) is 0 Å². The fourth-order valence-corrected chi connectivity index (χ4v) is 3.05. The van der Waals surface area contributed by atoms with E-state index in [0.717, 1.165) is 30.9 Å². The number of benzene rings is 2. The summed E-state index contributed by atoms with van der Waals surface area (Å²) in [5, 5.41) is 2.08. The molecule has 7 heteroatoms. The molecule has 0 saturated heterocycles. The van der Waals surface area contributed by atoms with Gasteiger partial charge in [-0.1, -0.05) is 18.2 Å². The fraction of sp³-hybridized carbons (Fsp3) is 0.300. The van der Waals surface area contributed by atoms with Crippen molar-refractivity contribution in [1.29, 1.82) is 0 Å². The van der Waals surface area contributed by atoms with Crippen LogP contribution in [0.4, 0.5) is 18.9 Å². The number of aryl methyl sites for hydroxylation is 2. The molecule has 0 aromatic heterocycles. The first-order valence-electron chi connectivity index (χ1n) is 8.59. The van der Waals surface area contributed by atoms with E-state index in [1.165, 1.54) is 18.1 Å². The molecule has 2 aromatic carbocycles. The van der Waals surface area contributed by atoms with E-state index >= 15 is 0 Å². The Morgan fingerprint density at radius 1 is 1.07 bits per heavy atom. The number of fused-ring (bicyclic) bond motifs is 1. The Morgan fingerprint density at radius 3 is 2.59 bits per heavy atom. The molecule has 27 heavy (non-hydrogen) atoms. The third kappa shape index (κ3) is 4.30. The highest BCUT2D eigenvalue weighted by atomic mass is 19.2. The Morgan fingerprint density at radius 2 is 1.81 bits per heavy atom. The SMILES string of the molecule is C[C@@H](OC(=O)Cc1ccc2c(c1)CCC2)C(=O)Nc1ccc(F)c(F)c1F. The van der Waals surface area contributed by atoms with Crippen molar-refractivity contribution in [2.24, 2.45) is 0 Å². The number of esters is 1. The number of carbonyl (C=O) groups is 2. The van der Waals surface area contributed by atoms with Gasteiger partial charge in [0.25, 0.3) is 5.91 Å². The number of nitrogens with one attached hydrogen (secondary N) is 1. The van der Waals surface area contributed by atoms with Crippen LogP contribution >= 0.6 is 0 Å². The average Bonchev–Trinajstić information content (AvgIpc) is 3.09. The van der Waals surface area contributed by atoms with Crippen LogP contribution in [0.2, 0.25) is 0 Å². The maximum atomic E-state index is 13.6. The maximum absolute atomic E-state index is 13.6. The molecular formula is C20H18F3NO3. The molecule has 0 bridgehead atoms. The van der Waals surface area contributed by atoms with Crippen LogP contribution < -0.4 is 5.32 Å². The molecule has 142 valence electrons. The lowest BCUT2D eigenvalue weighted by atomic mass is 10.0. The Labute approximate surface area is 154 Å². The van der Waals surface area contributed by atoms with E-state index in [4.69, 9.17) is 4.74 Å². The van der Waals surface area contributed by atoms with Crippen LogP contribution in [0.3, 0.4) is 0 Å². The van der Waals surface area contributed by atoms with Crippen molar-refractivity contribution < 1.29 is 27.5 Å². The van der Waals surface area contributed by atoms with Crippen molar-refractivity contribution in [2.75, 3.05) is 5.32 Å². The van der Waals surface area contributed by atoms with Crippen LogP contribution in [0.25, 0.3) is 0 Å². The first-order chi connectivity index (χ1) is 12.8. The Hall–Kier alpha value is -2.83. The number of hydrogen-bond acceptors (Lipinski definition) is 3. The molecule has 1 N–H and O–H groups in total. The molecule has 0 aliphatic heterocycles. The van der Waals surface area contributed by atoms with Gasteiger partial charge >= 0.3 is 5.97 Å². The standard InChI is InChI=1S/C20H18F3NO3/c1-11(20(26)24-16-8-7-15(21)18(22)19(16)23)27-17(25)10-12-5-6-13-3-2-4-14(13)9-12/h5-9,11H,2-4,10H2,1H3,(H,24,26)/t11-/m1/s1. The Bertz CT molecular complexity index is 898. The molecule has 1 amide bonds. The van der Waals surface area contributed by atoms with Gasteiger partial charge in [0.2, 0.25) is 0 Å². The molecule has 0 radical (unpaired) electrons. The summed E-state index contributed by atoms with van der Waals surface area (Å²) in [6.07, 6.45) is 1.90. The van der Waals surface area contributed by atoms with Crippen molar-refractivity contribution >= 4 is 17.6 Å². The highest BCUT2D eigenvalue weighted by Crippen LogP contribution is 2.23. The minimum atomic E-state index is -1.69. The minimum absolute atomic E-state index is 0.00440. The average molecular weight is 377 g/mol. The van der Waals surface area contributed by atoms with Crippen LogP contribution in [-0.2, 0) is 33.6 Å². The lowest BCUT2D eigenvalue weighted by Crippen LogP contribution is -2.31. The second kappa shape index (κ2) is 7.82. The largest absolute Gasteiger partial charge is 0.452 e. The van der Waals surface area contributed by atoms with Gasteiger partial charge in [0.1, 0.15) is 0 Å². The van der Waals surface area contributed by atoms with E-state index in [0.29, 0.717) is 6.07 Å². The zero-order chi connectivity index (χ0) is 19.6. The van der Waals surface area contributed by atoms with Gasteiger partial charge in [0, 0.05) is 0 Å². The topological polar surface area (TPSA) is 55.4 Å². The Kier molecular flexibility index (Phi) is 5.48. The van der Waals surface area contributed by atoms with Crippen LogP contribution in [0.15, 0.2) is 30.3 Å². The predicted molar refractivity (Wildman–Crippen MR) is 92.7 cm³/mol. The zero-order valence-electron chi connectivity index (χ0n) is 14.7. The number of carbonyl (C=O) groups excluding carboxylic acids is 2. The molecule has 1 aliphatic rings. The number of ether oxygens (including phenoxy) is 1. The maximum Gasteiger partial charge on any atom is 0.311 e. The van der Waals surface area contributed by atoms with E-state index in [9.17, 15) is 22.8 Å². The third-order valence-corrected chi connectivity index (χ3v) is 4.48. The zero-order valence-corrected chi connectivity index (χ0v) is 14.7. The van der Waals surface area contributed by atoms with Gasteiger partial charge in [-0.3, -0.25) is 9.59 Å². The minimum Gasteiger partial charge on any atom is -0.452 e. The van der Waals surface area contributed by atoms with Gasteiger partial charge in [-0.2, -0.15) is 0 Å². The molecule has 0 spiro atoms. The molecular weight excluding hydrogens is 359 g/mol. The smallest absolute Gasteiger partial charge is 0.311 e. The quantitative estimate of drug-likeness (QED) is 0.639. The normalized spacial score (nSPS) is 13.8. The molecule has 2 aromatic rings. The van der Waals surface area contributed by atoms with Crippen molar-refractivity contribution in [3.63, 3.8) is 0 Å². The Balaban J connectivity index is 1.58. The van der Waals surface area contributed by atoms with Gasteiger partial charge in [0.05, 0.1) is 12.1 Å². The van der Waals surface area contributed by atoms with Gasteiger partial charge in [-0.05, 0) is 55.0 Å². The third-order valence-electron chi connectivity index (χ3n) is 4.48. The first-order valence-corrected chi connectivity index (χ1v) is 8.59. The summed E-state index contributed by atoms with van der Waals surface area (Å²) in [6.45, 7) is 1.31. The summed E-state index contributed by atoms with van der Waals surface area (Å²) in [5.41, 5.74) is 2.77. The molecule has 0 fully saturated rings. The molecule has 4 nitrogen and oxygen atoms in total. The van der Waals surface area contributed by atoms with Crippen LogP contribution in [0.1, 0.15) is 30.0 Å². The first kappa shape index (κ1) is 18.9. The molecule has 3 rings (SSSR count). The molecule has 0 saturated carbocycles. The van der Waals surface area contributed by atoms with Gasteiger partial charge < -0.3 is 10.1 Å². The van der Waals surface area contributed by atoms with Crippen molar-refractivity contribution in [1.82, 2.24) is 0 Å². The van der Waals surface area contributed by atoms with Crippen molar-refractivity contribution in [3.05, 3.63) is 64.5 Å². The summed E-state index contributed by atoms with van der Waals surface area (Å²) in [5.74, 6) is -6.02. The van der Waals surface area contributed by atoms with Gasteiger partial charge in [-0.25, -0.2) is 13.2 Å². The van der Waals surface area contributed by atoms with Gasteiger partial charge in [0.15, 0.2) is 23.6 Å². The number of hydrogen-bond donors (Lipinski definition) is 1. The lowest BCUT2D eigenvalue weighted by molar-refractivity contribution is -0.152. The summed E-state index contributed by atoms with van der Waals surface area (Å²) in [6, 6.07) is 7.40. The predicted octanol–water partition coefficient (Wildman–Crippen LogP) is 3.71. The molecule has 1 atom stereocenters. The van der Waals surface area contributed by atoms with Crippen molar-refractivity contribution in [2.45, 2.75) is 38.7 Å². The monoisotopic (exact) mass is 377 g/mol. The van der Waals surface area contributed by atoms with E-state index in [2.05, 4.69) is 5.32 Å². The van der Waals surface area contributed by atoms with E-state index in [1.54, 1.807) is 0 Å². The fourth-order valence-electron chi connectivity index (χ4n) is 3.05. The second-order valence-corrected chi connectivity index (χ2v) is 6.48. The second-order valence-electron chi connectivity index (χ2n) is 6.48. The van der Waals surface area contributed by atoms with Gasteiger partial charge in [-0.15, -0.1) is 0 Å². The number of anilines is 1. The molecule has 0 heterocycles. The highest BCUT2D eigenvalue weighted by molar-refractivity contribution is 5.95. The summed E-state index contributed by atoms with van der Waals surface area (Å²) < 4.78 is 44.8. The number of halogens is 3. The summed E-state index contributed by atoms with van der Waals surface area (Å²) in [4.78, 5) is 24.1. The number of amides is 1. The molecule has 1 aliphatic carbocycles. The summed E-state index contributed by atoms with van der Waals surface area (Å²) >= 11 is 0. The lowest BCUT2D eigenvalue weighted by Gasteiger charge is -2.14. The van der Waals surface area contributed by atoms with E-state index in [1.807, 2.05) is 18.2 Å².